The Labute approximate surface area is 131 Å². The van der Waals surface area contributed by atoms with Crippen LogP contribution in [0.4, 0.5) is 0 Å². The third kappa shape index (κ3) is 2.38. The molecule has 0 spiro atoms. The lowest BCUT2D eigenvalue weighted by Crippen LogP contribution is -2.61. The van der Waals surface area contributed by atoms with Gasteiger partial charge in [0.25, 0.3) is 0 Å². The van der Waals surface area contributed by atoms with E-state index in [1.807, 2.05) is 0 Å². The molecule has 3 atom stereocenters. The Bertz CT molecular complexity index is 392. The summed E-state index contributed by atoms with van der Waals surface area (Å²) in [4.78, 5) is 0. The Morgan fingerprint density at radius 3 is 2.14 bits per heavy atom. The Balaban J connectivity index is 1.61. The van der Waals surface area contributed by atoms with Gasteiger partial charge in [-0.1, -0.05) is 40.0 Å². The van der Waals surface area contributed by atoms with Gasteiger partial charge in [0.05, 0.1) is 0 Å². The predicted molar refractivity (Wildman–Crippen MR) is 89.3 cm³/mol. The molecule has 5 aliphatic carbocycles. The van der Waals surface area contributed by atoms with Gasteiger partial charge in [-0.2, -0.15) is 0 Å². The summed E-state index contributed by atoms with van der Waals surface area (Å²) in [6.45, 7) is 8.72. The fourth-order valence-electron chi connectivity index (χ4n) is 7.78. The zero-order valence-electron chi connectivity index (χ0n) is 14.5. The van der Waals surface area contributed by atoms with Crippen LogP contribution in [0.2, 0.25) is 0 Å². The van der Waals surface area contributed by atoms with Gasteiger partial charge in [-0.15, -0.1) is 0 Å². The highest BCUT2D eigenvalue weighted by Gasteiger charge is 2.62. The molecule has 0 aromatic carbocycles. The van der Waals surface area contributed by atoms with Crippen LogP contribution in [0.3, 0.4) is 0 Å². The first-order valence-electron chi connectivity index (χ1n) is 9.68. The summed E-state index contributed by atoms with van der Waals surface area (Å²) in [6.07, 6.45) is 15.2. The van der Waals surface area contributed by atoms with E-state index in [9.17, 15) is 0 Å². The van der Waals surface area contributed by atoms with Crippen LogP contribution in [0.5, 0.6) is 0 Å². The third-order valence-corrected chi connectivity index (χ3v) is 7.65. The molecular formula is C20H35N. The summed E-state index contributed by atoms with van der Waals surface area (Å²) in [5.41, 5.74) is 1.98. The molecule has 5 rings (SSSR count). The summed E-state index contributed by atoms with van der Waals surface area (Å²) < 4.78 is 0. The lowest BCUT2D eigenvalue weighted by atomic mass is 9.38. The van der Waals surface area contributed by atoms with Crippen molar-refractivity contribution in [1.82, 2.24) is 5.32 Å². The van der Waals surface area contributed by atoms with Crippen LogP contribution in [0.1, 0.15) is 85.0 Å². The van der Waals surface area contributed by atoms with Gasteiger partial charge in [0, 0.05) is 6.04 Å². The van der Waals surface area contributed by atoms with Crippen molar-refractivity contribution in [3.63, 3.8) is 0 Å². The maximum absolute atomic E-state index is 3.97. The van der Waals surface area contributed by atoms with Crippen molar-refractivity contribution in [1.29, 1.82) is 0 Å². The van der Waals surface area contributed by atoms with E-state index in [2.05, 4.69) is 26.1 Å². The van der Waals surface area contributed by atoms with E-state index >= 15 is 0 Å². The number of hydrogen-bond acceptors (Lipinski definition) is 1. The van der Waals surface area contributed by atoms with Gasteiger partial charge in [-0.25, -0.2) is 0 Å². The molecule has 1 N–H and O–H groups in total. The second-order valence-electron chi connectivity index (χ2n) is 10.1. The molecule has 1 nitrogen and oxygen atoms in total. The smallest absolute Gasteiger partial charge is 0.0126 e. The molecule has 5 fully saturated rings. The Kier molecular flexibility index (Phi) is 3.27. The van der Waals surface area contributed by atoms with E-state index in [4.69, 9.17) is 0 Å². The van der Waals surface area contributed by atoms with Crippen LogP contribution in [-0.2, 0) is 0 Å². The van der Waals surface area contributed by atoms with E-state index in [0.717, 1.165) is 24.4 Å². The van der Waals surface area contributed by atoms with Crippen LogP contribution in [0, 0.1) is 28.1 Å². The van der Waals surface area contributed by atoms with Crippen molar-refractivity contribution >= 4 is 0 Å². The molecule has 5 aliphatic rings. The monoisotopic (exact) mass is 289 g/mol. The predicted octanol–water partition coefficient (Wildman–Crippen LogP) is 5.15. The molecule has 0 saturated heterocycles. The minimum absolute atomic E-state index is 0.647. The molecule has 21 heavy (non-hydrogen) atoms. The molecule has 3 unspecified atom stereocenters. The standard InChI is InChI=1S/C20H35N/c1-4-21-17(8-15-6-5-7-15)20-11-16-9-18(2,13-20)12-19(3,10-16)14-20/h15-17,21H,4-14H2,1-3H3. The third-order valence-electron chi connectivity index (χ3n) is 7.65. The summed E-state index contributed by atoms with van der Waals surface area (Å²) in [5, 5.41) is 3.97. The molecule has 1 heteroatoms. The molecule has 4 bridgehead atoms. The maximum Gasteiger partial charge on any atom is 0.0126 e. The summed E-state index contributed by atoms with van der Waals surface area (Å²) in [5.74, 6) is 2.08. The minimum atomic E-state index is 0.647. The largest absolute Gasteiger partial charge is 0.314 e. The van der Waals surface area contributed by atoms with Gasteiger partial charge in [0.1, 0.15) is 0 Å². The highest BCUT2D eigenvalue weighted by molar-refractivity contribution is 5.13. The normalized spacial score (nSPS) is 50.1. The van der Waals surface area contributed by atoms with Crippen molar-refractivity contribution in [2.75, 3.05) is 6.54 Å². The lowest BCUT2D eigenvalue weighted by Gasteiger charge is -2.67. The first-order chi connectivity index (χ1) is 9.94. The minimum Gasteiger partial charge on any atom is -0.314 e. The van der Waals surface area contributed by atoms with Crippen molar-refractivity contribution in [2.45, 2.75) is 91.0 Å². The Morgan fingerprint density at radius 2 is 1.67 bits per heavy atom. The van der Waals surface area contributed by atoms with E-state index in [1.165, 1.54) is 57.8 Å². The number of rotatable bonds is 5. The number of hydrogen-bond donors (Lipinski definition) is 1. The van der Waals surface area contributed by atoms with E-state index in [0.29, 0.717) is 16.2 Å². The molecule has 120 valence electrons. The molecule has 0 aromatic rings. The van der Waals surface area contributed by atoms with Gasteiger partial charge in [-0.05, 0) is 79.6 Å². The quantitative estimate of drug-likeness (QED) is 0.738. The average Bonchev–Trinajstić information content (AvgIpc) is 2.27. The van der Waals surface area contributed by atoms with Crippen LogP contribution in [0.25, 0.3) is 0 Å². The summed E-state index contributed by atoms with van der Waals surface area (Å²) in [7, 11) is 0. The van der Waals surface area contributed by atoms with E-state index in [1.54, 1.807) is 6.42 Å². The highest BCUT2D eigenvalue weighted by Crippen LogP contribution is 2.70. The van der Waals surface area contributed by atoms with Crippen molar-refractivity contribution in [3.05, 3.63) is 0 Å². The lowest BCUT2D eigenvalue weighted by molar-refractivity contribution is -0.160. The van der Waals surface area contributed by atoms with Gasteiger partial charge in [0.2, 0.25) is 0 Å². The van der Waals surface area contributed by atoms with Crippen molar-refractivity contribution in [3.8, 4) is 0 Å². The molecule has 0 aliphatic heterocycles. The van der Waals surface area contributed by atoms with Gasteiger partial charge >= 0.3 is 0 Å². The van der Waals surface area contributed by atoms with Crippen LogP contribution < -0.4 is 5.32 Å². The summed E-state index contributed by atoms with van der Waals surface area (Å²) in [6, 6.07) is 0.815. The molecule has 0 heterocycles. The van der Waals surface area contributed by atoms with Crippen molar-refractivity contribution < 1.29 is 0 Å². The summed E-state index contributed by atoms with van der Waals surface area (Å²) >= 11 is 0. The number of nitrogens with one attached hydrogen (secondary N) is 1. The molecular weight excluding hydrogens is 254 g/mol. The van der Waals surface area contributed by atoms with Gasteiger partial charge in [0.15, 0.2) is 0 Å². The SMILES string of the molecule is CCNC(CC1CCC1)C12CC3CC(C)(CC(C)(C3)C1)C2. The topological polar surface area (TPSA) is 12.0 Å². The Morgan fingerprint density at radius 1 is 1.00 bits per heavy atom. The van der Waals surface area contributed by atoms with Crippen molar-refractivity contribution in [2.24, 2.45) is 28.1 Å². The first-order valence-corrected chi connectivity index (χ1v) is 9.68. The average molecular weight is 290 g/mol. The highest BCUT2D eigenvalue weighted by atomic mass is 14.9. The van der Waals surface area contributed by atoms with E-state index < -0.39 is 0 Å². The first kappa shape index (κ1) is 14.5. The maximum atomic E-state index is 3.97. The molecule has 5 saturated carbocycles. The van der Waals surface area contributed by atoms with Crippen LogP contribution in [-0.4, -0.2) is 12.6 Å². The fourth-order valence-corrected chi connectivity index (χ4v) is 7.78. The molecule has 0 radical (unpaired) electrons. The van der Waals surface area contributed by atoms with Gasteiger partial charge in [-0.3, -0.25) is 0 Å². The van der Waals surface area contributed by atoms with E-state index in [-0.39, 0.29) is 0 Å². The zero-order valence-corrected chi connectivity index (χ0v) is 14.5. The Hall–Kier alpha value is -0.0400. The van der Waals surface area contributed by atoms with Crippen LogP contribution in [0.15, 0.2) is 0 Å². The van der Waals surface area contributed by atoms with Crippen LogP contribution >= 0.6 is 0 Å². The second-order valence-corrected chi connectivity index (χ2v) is 10.1. The second kappa shape index (κ2) is 4.73. The zero-order chi connectivity index (χ0) is 14.7. The molecule has 0 amide bonds. The molecule has 0 aromatic heterocycles. The fraction of sp³-hybridized carbons (Fsp3) is 1.00. The van der Waals surface area contributed by atoms with Gasteiger partial charge < -0.3 is 5.32 Å².